The smallest absolute Gasteiger partial charge is 0.255 e. The van der Waals surface area contributed by atoms with Gasteiger partial charge in [-0.15, -0.1) is 0 Å². The monoisotopic (exact) mass is 433 g/mol. The highest BCUT2D eigenvalue weighted by molar-refractivity contribution is 5.29. The van der Waals surface area contributed by atoms with Gasteiger partial charge in [-0.25, -0.2) is 4.98 Å². The largest absolute Gasteiger partial charge is 0.494 e. The van der Waals surface area contributed by atoms with E-state index in [2.05, 4.69) is 43.4 Å². The summed E-state index contributed by atoms with van der Waals surface area (Å²) in [4.78, 5) is 26.0. The molecule has 1 aromatic carbocycles. The first-order chi connectivity index (χ1) is 15.8. The molecule has 0 amide bonds. The maximum absolute atomic E-state index is 12.3. The molecule has 2 N–H and O–H groups in total. The lowest BCUT2D eigenvalue weighted by Crippen LogP contribution is -2.29. The second-order valence-corrected chi connectivity index (χ2v) is 8.24. The molecule has 0 saturated carbocycles. The molecule has 32 heavy (non-hydrogen) atoms. The molecule has 0 aliphatic carbocycles. The topological polar surface area (TPSA) is 83.1 Å². The molecule has 3 heterocycles. The van der Waals surface area contributed by atoms with Crippen LogP contribution in [0.25, 0.3) is 0 Å². The number of ether oxygens (including phenoxy) is 1. The number of hydrogen-bond donors (Lipinski definition) is 2. The minimum atomic E-state index is -0.131. The lowest BCUT2D eigenvalue weighted by molar-refractivity contribution is 0.220. The number of nitrogens with zero attached hydrogens (tertiary/aromatic N) is 3. The van der Waals surface area contributed by atoms with Crippen LogP contribution in [0.2, 0.25) is 0 Å². The Bertz CT molecular complexity index is 1030. The van der Waals surface area contributed by atoms with Gasteiger partial charge in [0.15, 0.2) is 0 Å². The van der Waals surface area contributed by atoms with Gasteiger partial charge in [0.1, 0.15) is 5.75 Å². The molecule has 0 unspecified atom stereocenters. The maximum Gasteiger partial charge on any atom is 0.255 e. The quantitative estimate of drug-likeness (QED) is 0.475. The zero-order valence-corrected chi connectivity index (χ0v) is 18.4. The van der Waals surface area contributed by atoms with E-state index in [0.29, 0.717) is 31.1 Å². The molecule has 1 saturated heterocycles. The number of pyridine rings is 1. The number of likely N-dealkylation sites (tertiary alicyclic amines) is 1. The Morgan fingerprint density at radius 1 is 1.06 bits per heavy atom. The second kappa shape index (κ2) is 11.4. The van der Waals surface area contributed by atoms with E-state index in [-0.39, 0.29) is 5.56 Å². The van der Waals surface area contributed by atoms with Crippen molar-refractivity contribution in [2.24, 2.45) is 0 Å². The number of benzene rings is 1. The summed E-state index contributed by atoms with van der Waals surface area (Å²) in [5.74, 6) is 1.39. The Kier molecular flexibility index (Phi) is 7.87. The van der Waals surface area contributed by atoms with Crippen molar-refractivity contribution in [1.29, 1.82) is 0 Å². The summed E-state index contributed by atoms with van der Waals surface area (Å²) >= 11 is 0. The van der Waals surface area contributed by atoms with Crippen LogP contribution >= 0.6 is 0 Å². The first kappa shape index (κ1) is 22.0. The fourth-order valence-electron chi connectivity index (χ4n) is 3.94. The van der Waals surface area contributed by atoms with Gasteiger partial charge < -0.3 is 10.1 Å². The predicted molar refractivity (Wildman–Crippen MR) is 126 cm³/mol. The van der Waals surface area contributed by atoms with E-state index in [1.165, 1.54) is 37.9 Å². The molecule has 168 valence electrons. The summed E-state index contributed by atoms with van der Waals surface area (Å²) in [6.45, 7) is 4.64. The number of nitrogens with one attached hydrogen (secondary N) is 2. The lowest BCUT2D eigenvalue weighted by Gasteiger charge is -2.26. The highest BCUT2D eigenvalue weighted by atomic mass is 16.5. The molecule has 0 spiro atoms. The summed E-state index contributed by atoms with van der Waals surface area (Å²) in [6.07, 6.45) is 10.4. The molecule has 1 fully saturated rings. The van der Waals surface area contributed by atoms with Gasteiger partial charge in [0.2, 0.25) is 5.95 Å². The summed E-state index contributed by atoms with van der Waals surface area (Å²) < 4.78 is 5.93. The number of piperidine rings is 1. The van der Waals surface area contributed by atoms with Gasteiger partial charge in [-0.2, -0.15) is 0 Å². The van der Waals surface area contributed by atoms with Crippen molar-refractivity contribution in [3.8, 4) is 5.75 Å². The van der Waals surface area contributed by atoms with Crippen LogP contribution in [0.15, 0.2) is 59.8 Å². The van der Waals surface area contributed by atoms with Crippen LogP contribution in [0.3, 0.4) is 0 Å². The van der Waals surface area contributed by atoms with Crippen molar-refractivity contribution in [2.45, 2.75) is 38.6 Å². The summed E-state index contributed by atoms with van der Waals surface area (Å²) in [5.41, 5.74) is 2.78. The number of aromatic nitrogens is 3. The summed E-state index contributed by atoms with van der Waals surface area (Å²) in [5, 5.41) is 3.16. The Morgan fingerprint density at radius 3 is 2.75 bits per heavy atom. The molecule has 0 bridgehead atoms. The van der Waals surface area contributed by atoms with Crippen LogP contribution in [0.1, 0.15) is 42.4 Å². The number of hydrogen-bond acceptors (Lipinski definition) is 6. The Labute approximate surface area is 188 Å². The first-order valence-electron chi connectivity index (χ1n) is 11.4. The standard InChI is InChI=1S/C25H31N5O2/c31-24-22(15-20-8-5-10-26-17-20)18-28-25(29-24)27-11-6-14-32-23-9-4-7-21(16-23)19-30-12-2-1-3-13-30/h4-5,7-10,16-18H,1-3,6,11-15,19H2,(H2,27,28,29,31). The van der Waals surface area contributed by atoms with E-state index < -0.39 is 0 Å². The lowest BCUT2D eigenvalue weighted by atomic mass is 10.1. The van der Waals surface area contributed by atoms with Crippen molar-refractivity contribution in [3.05, 3.63) is 82.0 Å². The second-order valence-electron chi connectivity index (χ2n) is 8.24. The van der Waals surface area contributed by atoms with Gasteiger partial charge in [0.25, 0.3) is 5.56 Å². The van der Waals surface area contributed by atoms with Gasteiger partial charge in [-0.3, -0.25) is 19.7 Å². The first-order valence-corrected chi connectivity index (χ1v) is 11.4. The Balaban J connectivity index is 1.19. The van der Waals surface area contributed by atoms with E-state index in [1.807, 2.05) is 18.2 Å². The minimum Gasteiger partial charge on any atom is -0.494 e. The molecule has 0 radical (unpaired) electrons. The molecule has 3 aromatic rings. The SMILES string of the molecule is O=c1[nH]c(NCCCOc2cccc(CN3CCCCC3)c2)ncc1Cc1cccnc1. The highest BCUT2D eigenvalue weighted by Crippen LogP contribution is 2.17. The normalized spacial score (nSPS) is 14.2. The van der Waals surface area contributed by atoms with Gasteiger partial charge >= 0.3 is 0 Å². The molecule has 2 aromatic heterocycles. The molecular weight excluding hydrogens is 402 g/mol. The van der Waals surface area contributed by atoms with Gasteiger partial charge in [0, 0.05) is 43.7 Å². The minimum absolute atomic E-state index is 0.131. The molecule has 4 rings (SSSR count). The summed E-state index contributed by atoms with van der Waals surface area (Å²) in [6, 6.07) is 12.2. The van der Waals surface area contributed by atoms with Crippen LogP contribution < -0.4 is 15.6 Å². The summed E-state index contributed by atoms with van der Waals surface area (Å²) in [7, 11) is 0. The van der Waals surface area contributed by atoms with Crippen molar-refractivity contribution < 1.29 is 4.74 Å². The van der Waals surface area contributed by atoms with Crippen molar-refractivity contribution >= 4 is 5.95 Å². The fraction of sp³-hybridized carbons (Fsp3) is 0.400. The predicted octanol–water partition coefficient (Wildman–Crippen LogP) is 3.62. The van der Waals surface area contributed by atoms with Gasteiger partial charge in [-0.05, 0) is 61.7 Å². The van der Waals surface area contributed by atoms with E-state index in [0.717, 1.165) is 24.3 Å². The van der Waals surface area contributed by atoms with Crippen molar-refractivity contribution in [1.82, 2.24) is 19.9 Å². The third-order valence-corrected chi connectivity index (χ3v) is 5.63. The van der Waals surface area contributed by atoms with Crippen LogP contribution in [0.4, 0.5) is 5.95 Å². The third kappa shape index (κ3) is 6.65. The number of aromatic amines is 1. The Morgan fingerprint density at radius 2 is 1.94 bits per heavy atom. The van der Waals surface area contributed by atoms with E-state index in [4.69, 9.17) is 4.74 Å². The van der Waals surface area contributed by atoms with Gasteiger partial charge in [-0.1, -0.05) is 24.6 Å². The highest BCUT2D eigenvalue weighted by Gasteiger charge is 2.10. The van der Waals surface area contributed by atoms with Crippen LogP contribution in [-0.2, 0) is 13.0 Å². The van der Waals surface area contributed by atoms with Gasteiger partial charge in [0.05, 0.1) is 6.61 Å². The van der Waals surface area contributed by atoms with E-state index in [1.54, 1.807) is 18.6 Å². The molecule has 1 aliphatic rings. The average Bonchev–Trinajstić information content (AvgIpc) is 2.82. The maximum atomic E-state index is 12.3. The average molecular weight is 434 g/mol. The zero-order chi connectivity index (χ0) is 22.0. The molecule has 1 aliphatic heterocycles. The van der Waals surface area contributed by atoms with E-state index >= 15 is 0 Å². The Hall–Kier alpha value is -3.19. The zero-order valence-electron chi connectivity index (χ0n) is 18.4. The number of anilines is 1. The molecular formula is C25H31N5O2. The number of H-pyrrole nitrogens is 1. The molecule has 7 nitrogen and oxygen atoms in total. The third-order valence-electron chi connectivity index (χ3n) is 5.63. The van der Waals surface area contributed by atoms with Crippen molar-refractivity contribution in [3.63, 3.8) is 0 Å². The number of rotatable bonds is 10. The molecule has 0 atom stereocenters. The van der Waals surface area contributed by atoms with Crippen LogP contribution in [0, 0.1) is 0 Å². The molecule has 7 heteroatoms. The van der Waals surface area contributed by atoms with Crippen molar-refractivity contribution in [2.75, 3.05) is 31.6 Å². The van der Waals surface area contributed by atoms with Crippen LogP contribution in [-0.4, -0.2) is 46.1 Å². The van der Waals surface area contributed by atoms with Crippen LogP contribution in [0.5, 0.6) is 5.75 Å². The van der Waals surface area contributed by atoms with E-state index in [9.17, 15) is 4.79 Å². The fourth-order valence-corrected chi connectivity index (χ4v) is 3.94.